The summed E-state index contributed by atoms with van der Waals surface area (Å²) in [5.41, 5.74) is 3.83. The maximum atomic E-state index is 14.6. The maximum absolute atomic E-state index is 14.6. The van der Waals surface area contributed by atoms with Crippen LogP contribution in [0.1, 0.15) is 27.0 Å². The third-order valence-electron chi connectivity index (χ3n) is 5.12. The molecule has 0 amide bonds. The van der Waals surface area contributed by atoms with Gasteiger partial charge in [0.1, 0.15) is 5.82 Å². The first-order chi connectivity index (χ1) is 14.5. The van der Waals surface area contributed by atoms with Gasteiger partial charge in [0.15, 0.2) is 0 Å². The molecule has 3 aromatic rings. The monoisotopic (exact) mass is 418 g/mol. The van der Waals surface area contributed by atoms with Crippen LogP contribution < -0.4 is 4.90 Å². The van der Waals surface area contributed by atoms with Gasteiger partial charge in [0.25, 0.3) is 0 Å². The van der Waals surface area contributed by atoms with Gasteiger partial charge in [-0.25, -0.2) is 9.18 Å². The van der Waals surface area contributed by atoms with Crippen LogP contribution in [0, 0.1) is 17.1 Å². The van der Waals surface area contributed by atoms with Crippen LogP contribution in [-0.4, -0.2) is 22.9 Å². The molecule has 4 nitrogen and oxygen atoms in total. The van der Waals surface area contributed by atoms with Crippen molar-refractivity contribution in [2.75, 3.05) is 11.4 Å². The standard InChI is InChI=1S/C24H19FN2O2S/c25-21-2-1-3-22-23(21)30-20(12-16-8-10-19(11-9-16)24(28)29)15-27(22)14-18-6-4-17(13-26)5-7-18/h1-11,20H,12,14-15H2,(H,28,29). The highest BCUT2D eigenvalue weighted by molar-refractivity contribution is 8.00. The van der Waals surface area contributed by atoms with Crippen molar-refractivity contribution >= 4 is 23.4 Å². The second-order valence-corrected chi connectivity index (χ2v) is 8.53. The Hall–Kier alpha value is -3.30. The summed E-state index contributed by atoms with van der Waals surface area (Å²) in [6.45, 7) is 1.36. The van der Waals surface area contributed by atoms with E-state index in [1.807, 2.05) is 30.3 Å². The molecule has 0 aliphatic carbocycles. The number of hydrogen-bond acceptors (Lipinski definition) is 4. The first kappa shape index (κ1) is 20.0. The molecule has 1 N–H and O–H groups in total. The Kier molecular flexibility index (Phi) is 5.73. The molecule has 150 valence electrons. The summed E-state index contributed by atoms with van der Waals surface area (Å²) in [6.07, 6.45) is 0.711. The SMILES string of the molecule is N#Cc1ccc(CN2CC(Cc3ccc(C(=O)O)cc3)Sc3c(F)cccc32)cc1. The van der Waals surface area contributed by atoms with E-state index in [1.165, 1.54) is 17.8 Å². The van der Waals surface area contributed by atoms with Gasteiger partial charge in [-0.15, -0.1) is 11.8 Å². The lowest BCUT2D eigenvalue weighted by molar-refractivity contribution is 0.0697. The highest BCUT2D eigenvalue weighted by Crippen LogP contribution is 2.41. The summed E-state index contributed by atoms with van der Waals surface area (Å²) in [5.74, 6) is -1.17. The third-order valence-corrected chi connectivity index (χ3v) is 6.41. The molecule has 1 unspecified atom stereocenters. The van der Waals surface area contributed by atoms with Gasteiger partial charge in [0.05, 0.1) is 27.8 Å². The van der Waals surface area contributed by atoms with E-state index in [-0.39, 0.29) is 16.6 Å². The molecule has 1 aliphatic heterocycles. The van der Waals surface area contributed by atoms with Crippen LogP contribution in [0.4, 0.5) is 10.1 Å². The van der Waals surface area contributed by atoms with Crippen molar-refractivity contribution in [2.45, 2.75) is 23.1 Å². The number of fused-ring (bicyclic) bond motifs is 1. The molecule has 0 bridgehead atoms. The first-order valence-electron chi connectivity index (χ1n) is 9.55. The molecule has 1 heterocycles. The lowest BCUT2D eigenvalue weighted by Crippen LogP contribution is -2.35. The van der Waals surface area contributed by atoms with Crippen LogP contribution in [0.25, 0.3) is 0 Å². The topological polar surface area (TPSA) is 64.3 Å². The Morgan fingerprint density at radius 2 is 1.80 bits per heavy atom. The van der Waals surface area contributed by atoms with Gasteiger partial charge in [-0.05, 0) is 53.9 Å². The Balaban J connectivity index is 1.57. The van der Waals surface area contributed by atoms with Crippen molar-refractivity contribution in [3.05, 3.63) is 94.8 Å². The fourth-order valence-corrected chi connectivity index (χ4v) is 4.98. The number of aromatic carboxylic acids is 1. The van der Waals surface area contributed by atoms with Gasteiger partial charge >= 0.3 is 5.97 Å². The molecule has 0 aromatic heterocycles. The van der Waals surface area contributed by atoms with E-state index in [1.54, 1.807) is 30.3 Å². The van der Waals surface area contributed by atoms with Crippen molar-refractivity contribution in [3.63, 3.8) is 0 Å². The molecule has 4 rings (SSSR count). The lowest BCUT2D eigenvalue weighted by atomic mass is 10.1. The van der Waals surface area contributed by atoms with E-state index in [9.17, 15) is 9.18 Å². The van der Waals surface area contributed by atoms with Gasteiger partial charge in [0.2, 0.25) is 0 Å². The number of carbonyl (C=O) groups is 1. The molecule has 0 saturated carbocycles. The summed E-state index contributed by atoms with van der Waals surface area (Å²) in [4.78, 5) is 13.9. The fraction of sp³-hybridized carbons (Fsp3) is 0.167. The Bertz CT molecular complexity index is 1110. The van der Waals surface area contributed by atoms with E-state index < -0.39 is 5.97 Å². The summed E-state index contributed by atoms with van der Waals surface area (Å²) < 4.78 is 14.6. The normalized spacial score (nSPS) is 15.3. The molecular formula is C24H19FN2O2S. The second kappa shape index (κ2) is 8.60. The number of anilines is 1. The van der Waals surface area contributed by atoms with Crippen molar-refractivity contribution in [3.8, 4) is 6.07 Å². The third kappa shape index (κ3) is 4.32. The Morgan fingerprint density at radius 1 is 1.10 bits per heavy atom. The van der Waals surface area contributed by atoms with Crippen LogP contribution in [0.15, 0.2) is 71.6 Å². The minimum absolute atomic E-state index is 0.128. The average Bonchev–Trinajstić information content (AvgIpc) is 2.75. The average molecular weight is 418 g/mol. The van der Waals surface area contributed by atoms with E-state index in [0.717, 1.165) is 23.4 Å². The smallest absolute Gasteiger partial charge is 0.335 e. The van der Waals surface area contributed by atoms with Crippen molar-refractivity contribution < 1.29 is 14.3 Å². The molecule has 0 fully saturated rings. The van der Waals surface area contributed by atoms with Crippen LogP contribution in [-0.2, 0) is 13.0 Å². The number of hydrogen-bond donors (Lipinski definition) is 1. The molecule has 30 heavy (non-hydrogen) atoms. The van der Waals surface area contributed by atoms with E-state index in [4.69, 9.17) is 10.4 Å². The fourth-order valence-electron chi connectivity index (χ4n) is 3.62. The van der Waals surface area contributed by atoms with Gasteiger partial charge in [-0.1, -0.05) is 30.3 Å². The molecular weight excluding hydrogens is 399 g/mol. The van der Waals surface area contributed by atoms with E-state index in [0.29, 0.717) is 23.4 Å². The summed E-state index contributed by atoms with van der Waals surface area (Å²) in [7, 11) is 0. The number of carboxylic acid groups (broad SMARTS) is 1. The van der Waals surface area contributed by atoms with Crippen molar-refractivity contribution in [1.29, 1.82) is 5.26 Å². The molecule has 3 aromatic carbocycles. The number of thioether (sulfide) groups is 1. The predicted octanol–water partition coefficient (Wildman–Crippen LogP) is 5.12. The number of nitrogens with zero attached hydrogens (tertiary/aromatic N) is 2. The number of rotatable bonds is 5. The van der Waals surface area contributed by atoms with Gasteiger partial charge in [-0.3, -0.25) is 0 Å². The highest BCUT2D eigenvalue weighted by Gasteiger charge is 2.27. The zero-order chi connectivity index (χ0) is 21.1. The highest BCUT2D eigenvalue weighted by atomic mass is 32.2. The second-order valence-electron chi connectivity index (χ2n) is 7.22. The predicted molar refractivity (Wildman–Crippen MR) is 115 cm³/mol. The summed E-state index contributed by atoms with van der Waals surface area (Å²) >= 11 is 1.53. The largest absolute Gasteiger partial charge is 0.478 e. The van der Waals surface area contributed by atoms with E-state index >= 15 is 0 Å². The Labute approximate surface area is 178 Å². The van der Waals surface area contributed by atoms with Crippen LogP contribution in [0.3, 0.4) is 0 Å². The molecule has 0 spiro atoms. The zero-order valence-corrected chi connectivity index (χ0v) is 16.9. The molecule has 1 aliphatic rings. The number of halogens is 1. The molecule has 1 atom stereocenters. The number of benzene rings is 3. The number of carboxylic acids is 1. The van der Waals surface area contributed by atoms with E-state index in [2.05, 4.69) is 11.0 Å². The molecule has 0 radical (unpaired) electrons. The quantitative estimate of drug-likeness (QED) is 0.623. The molecule has 6 heteroatoms. The first-order valence-corrected chi connectivity index (χ1v) is 10.4. The lowest BCUT2D eigenvalue weighted by Gasteiger charge is -2.36. The number of nitriles is 1. The molecule has 0 saturated heterocycles. The Morgan fingerprint density at radius 3 is 2.47 bits per heavy atom. The van der Waals surface area contributed by atoms with Crippen LogP contribution in [0.2, 0.25) is 0 Å². The maximum Gasteiger partial charge on any atom is 0.335 e. The van der Waals surface area contributed by atoms with Gasteiger partial charge in [-0.2, -0.15) is 5.26 Å². The van der Waals surface area contributed by atoms with Crippen molar-refractivity contribution in [1.82, 2.24) is 0 Å². The minimum atomic E-state index is -0.946. The van der Waals surface area contributed by atoms with Crippen LogP contribution in [0.5, 0.6) is 0 Å². The summed E-state index contributed by atoms with van der Waals surface area (Å²) in [6, 6.07) is 21.6. The van der Waals surface area contributed by atoms with Gasteiger partial charge in [0, 0.05) is 18.3 Å². The summed E-state index contributed by atoms with van der Waals surface area (Å²) in [5, 5.41) is 18.2. The zero-order valence-electron chi connectivity index (χ0n) is 16.1. The van der Waals surface area contributed by atoms with Gasteiger partial charge < -0.3 is 10.0 Å². The minimum Gasteiger partial charge on any atom is -0.478 e. The van der Waals surface area contributed by atoms with Crippen molar-refractivity contribution in [2.24, 2.45) is 0 Å². The van der Waals surface area contributed by atoms with Crippen LogP contribution >= 0.6 is 11.8 Å².